The molecular formula is C14H28Pt. The van der Waals surface area contributed by atoms with Gasteiger partial charge in [0.05, 0.1) is 0 Å². The molecule has 0 bridgehead atoms. The number of rotatable bonds is 11. The number of unbranched alkanes of at least 4 members (excludes halogenated alkanes) is 10. The van der Waals surface area contributed by atoms with Gasteiger partial charge in [-0.15, -0.1) is 6.58 Å². The van der Waals surface area contributed by atoms with Gasteiger partial charge in [0.25, 0.3) is 0 Å². The molecule has 0 N–H and O–H groups in total. The van der Waals surface area contributed by atoms with Gasteiger partial charge < -0.3 is 0 Å². The SMILES string of the molecule is C=CCCCCCCCCCCCC.[Pt]. The second kappa shape index (κ2) is 16.8. The van der Waals surface area contributed by atoms with E-state index in [2.05, 4.69) is 13.5 Å². The predicted octanol–water partition coefficient (Wildman–Crippen LogP) is 5.48. The van der Waals surface area contributed by atoms with Crippen LogP contribution in [0.5, 0.6) is 0 Å². The van der Waals surface area contributed by atoms with Gasteiger partial charge in [-0.1, -0.05) is 70.8 Å². The Kier molecular flexibility index (Phi) is 20.0. The van der Waals surface area contributed by atoms with Crippen LogP contribution in [0, 0.1) is 0 Å². The fourth-order valence-corrected chi connectivity index (χ4v) is 1.78. The third kappa shape index (κ3) is 17.1. The molecule has 0 aliphatic carbocycles. The molecule has 0 rings (SSSR count). The zero-order valence-electron chi connectivity index (χ0n) is 10.4. The van der Waals surface area contributed by atoms with Crippen LogP contribution in [0.25, 0.3) is 0 Å². The van der Waals surface area contributed by atoms with Gasteiger partial charge in [0.1, 0.15) is 0 Å². The smallest absolute Gasteiger partial charge is 0 e. The molecule has 0 aromatic heterocycles. The van der Waals surface area contributed by atoms with Gasteiger partial charge in [-0.25, -0.2) is 0 Å². The molecule has 0 saturated carbocycles. The molecule has 0 amide bonds. The molecule has 0 aliphatic heterocycles. The maximum absolute atomic E-state index is 3.74. The summed E-state index contributed by atoms with van der Waals surface area (Å²) in [6.07, 6.45) is 17.5. The molecule has 0 fully saturated rings. The van der Waals surface area contributed by atoms with Crippen LogP contribution >= 0.6 is 0 Å². The Balaban J connectivity index is 0. The van der Waals surface area contributed by atoms with Crippen LogP contribution in [-0.4, -0.2) is 0 Å². The van der Waals surface area contributed by atoms with Gasteiger partial charge in [0.15, 0.2) is 0 Å². The van der Waals surface area contributed by atoms with Crippen molar-refractivity contribution in [1.29, 1.82) is 0 Å². The van der Waals surface area contributed by atoms with Gasteiger partial charge in [0, 0.05) is 21.1 Å². The van der Waals surface area contributed by atoms with Gasteiger partial charge in [-0.3, -0.25) is 0 Å². The summed E-state index contributed by atoms with van der Waals surface area (Å²) in [6, 6.07) is 0. The van der Waals surface area contributed by atoms with E-state index in [1.54, 1.807) is 0 Å². The van der Waals surface area contributed by atoms with Crippen LogP contribution in [0.3, 0.4) is 0 Å². The van der Waals surface area contributed by atoms with Crippen molar-refractivity contribution in [1.82, 2.24) is 0 Å². The Hall–Kier alpha value is 0.428. The summed E-state index contributed by atoms with van der Waals surface area (Å²) in [7, 11) is 0. The van der Waals surface area contributed by atoms with Crippen LogP contribution in [0.15, 0.2) is 12.7 Å². The Labute approximate surface area is 111 Å². The van der Waals surface area contributed by atoms with E-state index in [4.69, 9.17) is 0 Å². The Morgan fingerprint density at radius 2 is 1.13 bits per heavy atom. The molecule has 94 valence electrons. The Bertz CT molecular complexity index is 110. The monoisotopic (exact) mass is 391 g/mol. The zero-order valence-corrected chi connectivity index (χ0v) is 12.7. The molecule has 0 aliphatic rings. The third-order valence-electron chi connectivity index (χ3n) is 2.76. The van der Waals surface area contributed by atoms with Crippen molar-refractivity contribution in [2.75, 3.05) is 0 Å². The van der Waals surface area contributed by atoms with Crippen molar-refractivity contribution in [3.8, 4) is 0 Å². The molecule has 0 nitrogen and oxygen atoms in total. The van der Waals surface area contributed by atoms with E-state index in [0.29, 0.717) is 0 Å². The van der Waals surface area contributed by atoms with Gasteiger partial charge in [-0.05, 0) is 12.8 Å². The molecule has 0 spiro atoms. The fourth-order valence-electron chi connectivity index (χ4n) is 1.78. The summed E-state index contributed by atoms with van der Waals surface area (Å²) < 4.78 is 0. The van der Waals surface area contributed by atoms with Crippen molar-refractivity contribution in [3.05, 3.63) is 12.7 Å². The van der Waals surface area contributed by atoms with E-state index in [-0.39, 0.29) is 21.1 Å². The standard InChI is InChI=1S/C14H28.Pt/c1-3-5-7-9-11-13-14-12-10-8-6-4-2;/h3H,1,4-14H2,2H3;. The van der Waals surface area contributed by atoms with E-state index >= 15 is 0 Å². The number of allylic oxidation sites excluding steroid dienone is 1. The van der Waals surface area contributed by atoms with Crippen LogP contribution in [0.2, 0.25) is 0 Å². The Morgan fingerprint density at radius 1 is 0.733 bits per heavy atom. The molecular weight excluding hydrogens is 363 g/mol. The van der Waals surface area contributed by atoms with E-state index < -0.39 is 0 Å². The summed E-state index contributed by atoms with van der Waals surface area (Å²) in [4.78, 5) is 0. The van der Waals surface area contributed by atoms with Gasteiger partial charge >= 0.3 is 0 Å². The zero-order chi connectivity index (χ0) is 10.5. The van der Waals surface area contributed by atoms with Crippen molar-refractivity contribution >= 4 is 0 Å². The minimum atomic E-state index is 0. The van der Waals surface area contributed by atoms with Crippen molar-refractivity contribution < 1.29 is 21.1 Å². The Morgan fingerprint density at radius 3 is 1.53 bits per heavy atom. The fraction of sp³-hybridized carbons (Fsp3) is 0.857. The van der Waals surface area contributed by atoms with Gasteiger partial charge in [0.2, 0.25) is 0 Å². The predicted molar refractivity (Wildman–Crippen MR) is 66.7 cm³/mol. The average Bonchev–Trinajstić information content (AvgIpc) is 2.21. The normalized spacial score (nSPS) is 9.67. The summed E-state index contributed by atoms with van der Waals surface area (Å²) >= 11 is 0. The van der Waals surface area contributed by atoms with E-state index in [1.165, 1.54) is 70.6 Å². The number of hydrogen-bond acceptors (Lipinski definition) is 0. The molecule has 0 aromatic carbocycles. The first-order chi connectivity index (χ1) is 6.91. The topological polar surface area (TPSA) is 0 Å². The van der Waals surface area contributed by atoms with Crippen LogP contribution in [0.4, 0.5) is 0 Å². The molecule has 0 unspecified atom stereocenters. The first-order valence-corrected chi connectivity index (χ1v) is 6.52. The summed E-state index contributed by atoms with van der Waals surface area (Å²) in [6.45, 7) is 6.01. The third-order valence-corrected chi connectivity index (χ3v) is 2.76. The molecule has 0 radical (unpaired) electrons. The second-order valence-electron chi connectivity index (χ2n) is 4.26. The van der Waals surface area contributed by atoms with Gasteiger partial charge in [-0.2, -0.15) is 0 Å². The van der Waals surface area contributed by atoms with Crippen LogP contribution in [0.1, 0.15) is 77.6 Å². The van der Waals surface area contributed by atoms with Crippen molar-refractivity contribution in [2.24, 2.45) is 0 Å². The minimum Gasteiger partial charge on any atom is -0.103 e. The summed E-state index contributed by atoms with van der Waals surface area (Å²) in [5.41, 5.74) is 0. The van der Waals surface area contributed by atoms with Crippen LogP contribution < -0.4 is 0 Å². The molecule has 0 atom stereocenters. The molecule has 0 aromatic rings. The molecule has 1 heteroatoms. The average molecular weight is 391 g/mol. The molecule has 15 heavy (non-hydrogen) atoms. The quantitative estimate of drug-likeness (QED) is 0.323. The van der Waals surface area contributed by atoms with E-state index in [0.717, 1.165) is 0 Å². The van der Waals surface area contributed by atoms with E-state index in [1.807, 2.05) is 6.08 Å². The largest absolute Gasteiger partial charge is 0.103 e. The number of hydrogen-bond donors (Lipinski definition) is 0. The first kappa shape index (κ1) is 17.8. The van der Waals surface area contributed by atoms with Crippen LogP contribution in [-0.2, 0) is 21.1 Å². The first-order valence-electron chi connectivity index (χ1n) is 6.52. The van der Waals surface area contributed by atoms with E-state index in [9.17, 15) is 0 Å². The maximum Gasteiger partial charge on any atom is 0 e. The molecule has 0 heterocycles. The summed E-state index contributed by atoms with van der Waals surface area (Å²) in [5, 5.41) is 0. The van der Waals surface area contributed by atoms with Crippen molar-refractivity contribution in [3.63, 3.8) is 0 Å². The maximum atomic E-state index is 3.74. The second-order valence-corrected chi connectivity index (χ2v) is 4.26. The van der Waals surface area contributed by atoms with Crippen molar-refractivity contribution in [2.45, 2.75) is 77.6 Å². The minimum absolute atomic E-state index is 0. The molecule has 0 saturated heterocycles. The summed E-state index contributed by atoms with van der Waals surface area (Å²) in [5.74, 6) is 0.